The highest BCUT2D eigenvalue weighted by atomic mass is 32.2. The van der Waals surface area contributed by atoms with Crippen molar-refractivity contribution in [3.8, 4) is 0 Å². The maximum atomic E-state index is 9.41. The molecule has 0 saturated carbocycles. The maximum Gasteiger partial charge on any atom is 0.0925 e. The number of nitrogens with zero attached hydrogens (tertiary/aromatic N) is 1. The third kappa shape index (κ3) is 8.47. The van der Waals surface area contributed by atoms with Crippen LogP contribution < -0.4 is 10.2 Å². The lowest BCUT2D eigenvalue weighted by molar-refractivity contribution is -0.301. The van der Waals surface area contributed by atoms with Crippen molar-refractivity contribution in [3.05, 3.63) is 65.8 Å². The summed E-state index contributed by atoms with van der Waals surface area (Å²) in [6, 6.07) is 10.5. The van der Waals surface area contributed by atoms with E-state index >= 15 is 0 Å². The van der Waals surface area contributed by atoms with E-state index in [4.69, 9.17) is 0 Å². The summed E-state index contributed by atoms with van der Waals surface area (Å²) < 4.78 is 0. The van der Waals surface area contributed by atoms with Gasteiger partial charge in [0.1, 0.15) is 0 Å². The number of thioether (sulfide) groups is 1. The topological polar surface area (TPSA) is 109 Å². The molecule has 0 bridgehead atoms. The highest BCUT2D eigenvalue weighted by Crippen LogP contribution is 2.17. The predicted molar refractivity (Wildman–Crippen MR) is 83.9 cm³/mol. The van der Waals surface area contributed by atoms with E-state index in [0.717, 1.165) is 17.2 Å². The van der Waals surface area contributed by atoms with E-state index in [1.165, 1.54) is 11.3 Å². The fourth-order valence-electron chi connectivity index (χ4n) is 1.51. The fraction of sp³-hybridized carbons (Fsp3) is 0.188. The van der Waals surface area contributed by atoms with Crippen molar-refractivity contribution >= 4 is 23.7 Å². The van der Waals surface area contributed by atoms with E-state index < -0.39 is 11.9 Å². The molecule has 6 nitrogen and oxygen atoms in total. The first-order valence-electron chi connectivity index (χ1n) is 6.69. The lowest BCUT2D eigenvalue weighted by Crippen LogP contribution is -2.23. The molecule has 1 heterocycles. The van der Waals surface area contributed by atoms with Crippen LogP contribution in [0.25, 0.3) is 0 Å². The van der Waals surface area contributed by atoms with E-state index in [9.17, 15) is 19.8 Å². The minimum absolute atomic E-state index is 0.384. The predicted octanol–water partition coefficient (Wildman–Crippen LogP) is 0.194. The molecule has 23 heavy (non-hydrogen) atoms. The summed E-state index contributed by atoms with van der Waals surface area (Å²) in [6.07, 6.45) is 2.53. The molecule has 0 saturated heterocycles. The Morgan fingerprint density at radius 2 is 1.74 bits per heavy atom. The van der Waals surface area contributed by atoms with Crippen LogP contribution in [0.3, 0.4) is 0 Å². The van der Waals surface area contributed by atoms with Gasteiger partial charge in [-0.2, -0.15) is 11.8 Å². The molecule has 0 atom stereocenters. The number of H-pyrrole nitrogens is 1. The van der Waals surface area contributed by atoms with Crippen LogP contribution in [0.4, 0.5) is 0 Å². The van der Waals surface area contributed by atoms with Crippen molar-refractivity contribution in [3.63, 3.8) is 0 Å². The van der Waals surface area contributed by atoms with Crippen LogP contribution in [0, 0.1) is 6.92 Å². The molecule has 1 aromatic heterocycles. The molecule has 2 aromatic rings. The quantitative estimate of drug-likeness (QED) is 0.757. The Morgan fingerprint density at radius 3 is 2.22 bits per heavy atom. The molecule has 0 unspecified atom stereocenters. The summed E-state index contributed by atoms with van der Waals surface area (Å²) in [5.41, 5.74) is 3.71. The van der Waals surface area contributed by atoms with E-state index in [-0.39, 0.29) is 0 Å². The lowest BCUT2D eigenvalue weighted by Gasteiger charge is -2.00. The van der Waals surface area contributed by atoms with Gasteiger partial charge in [-0.25, -0.2) is 4.98 Å². The second kappa shape index (κ2) is 10.2. The molecule has 0 aliphatic carbocycles. The van der Waals surface area contributed by atoms with E-state index in [0.29, 0.717) is 12.2 Å². The SMILES string of the molecule is Cc1[nH]cnc1CSCc1ccccc1.O=C([O-])/C=C\C(=O)[O-]. The zero-order valence-electron chi connectivity index (χ0n) is 12.5. The van der Waals surface area contributed by atoms with Gasteiger partial charge in [0.05, 0.1) is 24.0 Å². The molecule has 0 amide bonds. The van der Waals surface area contributed by atoms with Gasteiger partial charge in [-0.15, -0.1) is 0 Å². The van der Waals surface area contributed by atoms with Crippen LogP contribution in [0.1, 0.15) is 17.0 Å². The van der Waals surface area contributed by atoms with Gasteiger partial charge in [0.2, 0.25) is 0 Å². The molecular formula is C16H16N2O4S-2. The Balaban J connectivity index is 0.000000284. The molecule has 1 N–H and O–H groups in total. The van der Waals surface area contributed by atoms with Crippen molar-refractivity contribution in [1.82, 2.24) is 9.97 Å². The molecular weight excluding hydrogens is 316 g/mol. The zero-order chi connectivity index (χ0) is 17.1. The molecule has 0 fully saturated rings. The van der Waals surface area contributed by atoms with E-state index in [1.54, 1.807) is 6.33 Å². The van der Waals surface area contributed by atoms with Crippen LogP contribution >= 0.6 is 11.8 Å². The summed E-state index contributed by atoms with van der Waals surface area (Å²) in [5, 5.41) is 18.8. The Labute approximate surface area is 138 Å². The van der Waals surface area contributed by atoms with Gasteiger partial charge < -0.3 is 24.8 Å². The second-order valence-corrected chi connectivity index (χ2v) is 5.41. The molecule has 0 aliphatic heterocycles. The smallest absolute Gasteiger partial charge is 0.0925 e. The van der Waals surface area contributed by atoms with Crippen molar-refractivity contribution in [1.29, 1.82) is 0 Å². The minimum atomic E-state index is -1.55. The molecule has 0 aliphatic rings. The highest BCUT2D eigenvalue weighted by molar-refractivity contribution is 7.97. The molecule has 1 aromatic carbocycles. The average molecular weight is 332 g/mol. The number of aliphatic carboxylic acids is 2. The second-order valence-electron chi connectivity index (χ2n) is 4.42. The summed E-state index contributed by atoms with van der Waals surface area (Å²) in [7, 11) is 0. The first-order chi connectivity index (χ1) is 11.0. The van der Waals surface area contributed by atoms with Gasteiger partial charge >= 0.3 is 0 Å². The van der Waals surface area contributed by atoms with Gasteiger partial charge in [0.15, 0.2) is 0 Å². The Bertz CT molecular complexity index is 637. The van der Waals surface area contributed by atoms with E-state index in [1.807, 2.05) is 17.8 Å². The Morgan fingerprint density at radius 1 is 1.13 bits per heavy atom. The van der Waals surface area contributed by atoms with Gasteiger partial charge in [-0.05, 0) is 24.6 Å². The van der Waals surface area contributed by atoms with Crippen LogP contribution in [-0.4, -0.2) is 21.9 Å². The van der Waals surface area contributed by atoms with Crippen molar-refractivity contribution in [2.45, 2.75) is 18.4 Å². The fourth-order valence-corrected chi connectivity index (χ4v) is 2.52. The van der Waals surface area contributed by atoms with Gasteiger partial charge in [0, 0.05) is 17.2 Å². The summed E-state index contributed by atoms with van der Waals surface area (Å²) in [4.78, 5) is 26.2. The third-order valence-electron chi connectivity index (χ3n) is 2.64. The van der Waals surface area contributed by atoms with Gasteiger partial charge in [-0.3, -0.25) is 0 Å². The molecule has 0 radical (unpaired) electrons. The number of carboxylic acid groups (broad SMARTS) is 2. The number of aromatic nitrogens is 2. The lowest BCUT2D eigenvalue weighted by atomic mass is 10.2. The summed E-state index contributed by atoms with van der Waals surface area (Å²) in [6.45, 7) is 2.06. The number of benzene rings is 1. The number of carbonyl (C=O) groups excluding carboxylic acids is 2. The maximum absolute atomic E-state index is 9.41. The summed E-state index contributed by atoms with van der Waals surface area (Å²) in [5.74, 6) is -1.07. The monoisotopic (exact) mass is 332 g/mol. The van der Waals surface area contributed by atoms with Crippen LogP contribution in [-0.2, 0) is 21.1 Å². The van der Waals surface area contributed by atoms with Crippen LogP contribution in [0.5, 0.6) is 0 Å². The normalized spacial score (nSPS) is 10.1. The minimum Gasteiger partial charge on any atom is -0.545 e. The van der Waals surface area contributed by atoms with Gasteiger partial charge in [0.25, 0.3) is 0 Å². The first-order valence-corrected chi connectivity index (χ1v) is 7.85. The Kier molecular flexibility index (Phi) is 8.23. The number of carbonyl (C=O) groups is 2. The molecule has 2 rings (SSSR count). The van der Waals surface area contributed by atoms with Crippen LogP contribution in [0.15, 0.2) is 48.8 Å². The first kappa shape index (κ1) is 18.5. The number of aromatic amines is 1. The van der Waals surface area contributed by atoms with Crippen molar-refractivity contribution < 1.29 is 19.8 Å². The largest absolute Gasteiger partial charge is 0.545 e. The van der Waals surface area contributed by atoms with Gasteiger partial charge in [-0.1, -0.05) is 30.3 Å². The molecule has 7 heteroatoms. The standard InChI is InChI=1S/C12H14N2S.C4H4O4/c1-10-12(14-9-13-10)8-15-7-11-5-3-2-4-6-11;5-3(6)1-2-4(7)8/h2-6,9H,7-8H2,1H3,(H,13,14);1-2H,(H,5,6)(H,7,8)/p-2/b;2-1-. The summed E-state index contributed by atoms with van der Waals surface area (Å²) >= 11 is 1.90. The zero-order valence-corrected chi connectivity index (χ0v) is 13.3. The average Bonchev–Trinajstić information content (AvgIpc) is 2.92. The molecule has 0 spiro atoms. The number of carboxylic acids is 2. The number of hydrogen-bond acceptors (Lipinski definition) is 6. The number of imidazole rings is 1. The van der Waals surface area contributed by atoms with Crippen molar-refractivity contribution in [2.75, 3.05) is 0 Å². The number of hydrogen-bond donors (Lipinski definition) is 1. The van der Waals surface area contributed by atoms with Crippen molar-refractivity contribution in [2.24, 2.45) is 0 Å². The third-order valence-corrected chi connectivity index (χ3v) is 3.66. The highest BCUT2D eigenvalue weighted by Gasteiger charge is 2.00. The number of rotatable bonds is 6. The van der Waals surface area contributed by atoms with Crippen LogP contribution in [0.2, 0.25) is 0 Å². The molecule has 122 valence electrons. The van der Waals surface area contributed by atoms with E-state index in [2.05, 4.69) is 41.2 Å². The Hall–Kier alpha value is -2.54. The number of aryl methyl sites for hydroxylation is 1. The number of nitrogens with one attached hydrogen (secondary N) is 1.